The summed E-state index contributed by atoms with van der Waals surface area (Å²) in [5.41, 5.74) is 3.60. The van der Waals surface area contributed by atoms with Crippen LogP contribution in [-0.4, -0.2) is 36.9 Å². The van der Waals surface area contributed by atoms with Crippen molar-refractivity contribution in [3.05, 3.63) is 88.9 Å². The van der Waals surface area contributed by atoms with Crippen LogP contribution in [0, 0.1) is 0 Å². The number of hydrogen-bond acceptors (Lipinski definition) is 4. The summed E-state index contributed by atoms with van der Waals surface area (Å²) < 4.78 is 0. The predicted molar refractivity (Wildman–Crippen MR) is 128 cm³/mol. The summed E-state index contributed by atoms with van der Waals surface area (Å²) in [7, 11) is 0. The number of benzene rings is 3. The average molecular weight is 450 g/mol. The highest BCUT2D eigenvalue weighted by Crippen LogP contribution is 2.29. The van der Waals surface area contributed by atoms with E-state index in [-0.39, 0.29) is 24.9 Å². The van der Waals surface area contributed by atoms with Gasteiger partial charge in [-0.2, -0.15) is 0 Å². The summed E-state index contributed by atoms with van der Waals surface area (Å²) in [5.74, 6) is -0.529. The number of carbonyl (C=O) groups is 2. The second-order valence-electron chi connectivity index (χ2n) is 6.95. The minimum absolute atomic E-state index is 0.0498. The topological polar surface area (TPSA) is 61.8 Å². The number of anilines is 2. The molecule has 0 aliphatic carbocycles. The molecule has 1 N–H and O–H groups in total. The molecule has 0 bridgehead atoms. The molecule has 31 heavy (non-hydrogen) atoms. The normalized spacial score (nSPS) is 13.3. The number of amides is 2. The number of aliphatic imine (C=N–C) groups is 1. The number of halogens is 1. The van der Waals surface area contributed by atoms with Gasteiger partial charge in [0.1, 0.15) is 13.1 Å². The van der Waals surface area contributed by atoms with Crippen molar-refractivity contribution in [3.63, 3.8) is 0 Å². The van der Waals surface area contributed by atoms with Crippen molar-refractivity contribution >= 4 is 52.3 Å². The molecule has 0 fully saturated rings. The Kier molecular flexibility index (Phi) is 6.39. The number of nitrogens with zero attached hydrogens (tertiary/aromatic N) is 2. The summed E-state index contributed by atoms with van der Waals surface area (Å²) in [6, 6.07) is 22.5. The Labute approximate surface area is 190 Å². The smallest absolute Gasteiger partial charge is 0.249 e. The molecule has 156 valence electrons. The molecular weight excluding hydrogens is 430 g/mol. The largest absolute Gasteiger partial charge is 0.324 e. The van der Waals surface area contributed by atoms with E-state index in [1.165, 1.54) is 4.90 Å². The van der Waals surface area contributed by atoms with E-state index in [2.05, 4.69) is 10.3 Å². The van der Waals surface area contributed by atoms with Crippen molar-refractivity contribution in [2.75, 3.05) is 29.6 Å². The molecule has 0 atom stereocenters. The van der Waals surface area contributed by atoms with E-state index in [1.807, 2.05) is 60.9 Å². The van der Waals surface area contributed by atoms with Crippen LogP contribution >= 0.6 is 23.4 Å². The van der Waals surface area contributed by atoms with Gasteiger partial charge in [0.15, 0.2) is 0 Å². The van der Waals surface area contributed by atoms with Crippen LogP contribution in [0.4, 0.5) is 11.4 Å². The van der Waals surface area contributed by atoms with Crippen molar-refractivity contribution < 1.29 is 9.59 Å². The van der Waals surface area contributed by atoms with Crippen LogP contribution in [0.2, 0.25) is 5.02 Å². The average Bonchev–Trinajstić information content (AvgIpc) is 2.91. The lowest BCUT2D eigenvalue weighted by Crippen LogP contribution is -2.39. The van der Waals surface area contributed by atoms with Crippen LogP contribution in [-0.2, 0) is 9.59 Å². The van der Waals surface area contributed by atoms with E-state index >= 15 is 0 Å². The van der Waals surface area contributed by atoms with E-state index in [4.69, 9.17) is 11.6 Å². The van der Waals surface area contributed by atoms with Crippen LogP contribution in [0.1, 0.15) is 11.1 Å². The summed E-state index contributed by atoms with van der Waals surface area (Å²) in [5, 5.41) is 3.42. The number of hydrogen-bond donors (Lipinski definition) is 1. The molecule has 3 aromatic rings. The summed E-state index contributed by atoms with van der Waals surface area (Å²) in [6.45, 7) is -0.166. The Bertz CT molecular complexity index is 1160. The third-order valence-corrected chi connectivity index (χ3v) is 5.84. The minimum atomic E-state index is -0.282. The van der Waals surface area contributed by atoms with Crippen LogP contribution in [0.5, 0.6) is 0 Å². The lowest BCUT2D eigenvalue weighted by atomic mass is 10.00. The van der Waals surface area contributed by atoms with Gasteiger partial charge in [-0.1, -0.05) is 48.0 Å². The molecule has 7 heteroatoms. The number of fused-ring (bicyclic) bond motifs is 1. The standard InChI is InChI=1S/C24H20ClN3O2S/c1-31-19-9-5-8-18(13-19)27-22(29)15-28-21-11-10-17(25)12-20(21)24(26-14-23(28)30)16-6-3-2-4-7-16/h2-13H,14-15H2,1H3,(H,27,29). The Morgan fingerprint density at radius 2 is 1.90 bits per heavy atom. The molecule has 1 aliphatic rings. The molecule has 5 nitrogen and oxygen atoms in total. The fourth-order valence-electron chi connectivity index (χ4n) is 3.45. The molecule has 4 rings (SSSR count). The van der Waals surface area contributed by atoms with Crippen LogP contribution in [0.3, 0.4) is 0 Å². The van der Waals surface area contributed by atoms with Crippen molar-refractivity contribution in [1.29, 1.82) is 0 Å². The first-order valence-electron chi connectivity index (χ1n) is 9.69. The molecule has 0 saturated heterocycles. The highest BCUT2D eigenvalue weighted by atomic mass is 35.5. The zero-order valence-electron chi connectivity index (χ0n) is 16.8. The molecule has 0 unspecified atom stereocenters. The number of benzodiazepines with no additional fused rings is 1. The number of carbonyl (C=O) groups excluding carboxylic acids is 2. The lowest BCUT2D eigenvalue weighted by Gasteiger charge is -2.23. The second-order valence-corrected chi connectivity index (χ2v) is 8.27. The highest BCUT2D eigenvalue weighted by Gasteiger charge is 2.27. The Hall–Kier alpha value is -3.09. The van der Waals surface area contributed by atoms with Crippen LogP contribution < -0.4 is 10.2 Å². The molecule has 1 aliphatic heterocycles. The van der Waals surface area contributed by atoms with E-state index in [0.717, 1.165) is 16.0 Å². The summed E-state index contributed by atoms with van der Waals surface area (Å²) >= 11 is 7.86. The Balaban J connectivity index is 1.65. The van der Waals surface area contributed by atoms with E-state index in [9.17, 15) is 9.59 Å². The van der Waals surface area contributed by atoms with Crippen LogP contribution in [0.15, 0.2) is 82.7 Å². The summed E-state index contributed by atoms with van der Waals surface area (Å²) in [6.07, 6.45) is 1.98. The van der Waals surface area contributed by atoms with Gasteiger partial charge in [-0.25, -0.2) is 0 Å². The highest BCUT2D eigenvalue weighted by molar-refractivity contribution is 7.98. The molecule has 0 aromatic heterocycles. The molecule has 3 aromatic carbocycles. The van der Waals surface area contributed by atoms with Crippen molar-refractivity contribution in [3.8, 4) is 0 Å². The lowest BCUT2D eigenvalue weighted by molar-refractivity contribution is -0.120. The number of thioether (sulfide) groups is 1. The Morgan fingerprint density at radius 1 is 1.10 bits per heavy atom. The van der Waals surface area contributed by atoms with Crippen LogP contribution in [0.25, 0.3) is 0 Å². The van der Waals surface area contributed by atoms with E-state index < -0.39 is 0 Å². The molecule has 0 spiro atoms. The minimum Gasteiger partial charge on any atom is -0.324 e. The van der Waals surface area contributed by atoms with Crippen molar-refractivity contribution in [2.45, 2.75) is 4.90 Å². The van der Waals surface area contributed by atoms with Crippen molar-refractivity contribution in [2.24, 2.45) is 4.99 Å². The maximum atomic E-state index is 12.9. The molecular formula is C24H20ClN3O2S. The second kappa shape index (κ2) is 9.37. The van der Waals surface area contributed by atoms with E-state index in [1.54, 1.807) is 30.0 Å². The first-order valence-corrected chi connectivity index (χ1v) is 11.3. The zero-order valence-corrected chi connectivity index (χ0v) is 18.4. The quantitative estimate of drug-likeness (QED) is 0.564. The van der Waals surface area contributed by atoms with Gasteiger partial charge >= 0.3 is 0 Å². The SMILES string of the molecule is CSc1cccc(NC(=O)CN2C(=O)CN=C(c3ccccc3)c3cc(Cl)ccc32)c1. The monoisotopic (exact) mass is 449 g/mol. The van der Waals surface area contributed by atoms with Gasteiger partial charge < -0.3 is 10.2 Å². The fraction of sp³-hybridized carbons (Fsp3) is 0.125. The van der Waals surface area contributed by atoms with Gasteiger partial charge in [-0.05, 0) is 42.7 Å². The zero-order chi connectivity index (χ0) is 21.8. The first kappa shape index (κ1) is 21.2. The van der Waals surface area contributed by atoms with Gasteiger partial charge in [-0.3, -0.25) is 14.6 Å². The van der Waals surface area contributed by atoms with Gasteiger partial charge in [0, 0.05) is 26.7 Å². The van der Waals surface area contributed by atoms with Gasteiger partial charge in [0.05, 0.1) is 11.4 Å². The molecule has 0 radical (unpaired) electrons. The molecule has 0 saturated carbocycles. The van der Waals surface area contributed by atoms with E-state index in [0.29, 0.717) is 22.1 Å². The fourth-order valence-corrected chi connectivity index (χ4v) is 4.08. The number of rotatable bonds is 5. The maximum Gasteiger partial charge on any atom is 0.249 e. The Morgan fingerprint density at radius 3 is 2.68 bits per heavy atom. The third kappa shape index (κ3) is 4.81. The maximum absolute atomic E-state index is 12.9. The third-order valence-electron chi connectivity index (χ3n) is 4.88. The van der Waals surface area contributed by atoms with Gasteiger partial charge in [0.25, 0.3) is 0 Å². The molecule has 1 heterocycles. The predicted octanol–water partition coefficient (Wildman–Crippen LogP) is 4.88. The van der Waals surface area contributed by atoms with Gasteiger partial charge in [0.2, 0.25) is 11.8 Å². The molecule has 2 amide bonds. The van der Waals surface area contributed by atoms with Gasteiger partial charge in [-0.15, -0.1) is 11.8 Å². The number of nitrogens with one attached hydrogen (secondary N) is 1. The summed E-state index contributed by atoms with van der Waals surface area (Å²) in [4.78, 5) is 32.8. The first-order chi connectivity index (χ1) is 15.0. The van der Waals surface area contributed by atoms with Crippen molar-refractivity contribution in [1.82, 2.24) is 0 Å².